The molecule has 0 aliphatic carbocycles. The van der Waals surface area contributed by atoms with E-state index in [0.29, 0.717) is 5.69 Å². The van der Waals surface area contributed by atoms with Crippen molar-refractivity contribution in [2.24, 2.45) is 0 Å². The third kappa shape index (κ3) is 5.04. The van der Waals surface area contributed by atoms with Gasteiger partial charge in [0, 0.05) is 11.8 Å². The zero-order chi connectivity index (χ0) is 19.1. The maximum Gasteiger partial charge on any atom is 0.276 e. The maximum atomic E-state index is 12.5. The van der Waals surface area contributed by atoms with E-state index in [1.54, 1.807) is 0 Å². The molecule has 0 radical (unpaired) electrons. The van der Waals surface area contributed by atoms with E-state index in [2.05, 4.69) is 17.3 Å². The van der Waals surface area contributed by atoms with Crippen molar-refractivity contribution in [2.75, 3.05) is 11.9 Å². The van der Waals surface area contributed by atoms with Crippen LogP contribution in [0.2, 0.25) is 0 Å². The van der Waals surface area contributed by atoms with Gasteiger partial charge < -0.3 is 10.1 Å². The van der Waals surface area contributed by atoms with E-state index in [0.717, 1.165) is 17.7 Å². The predicted octanol–water partition coefficient (Wildman–Crippen LogP) is 3.14. The number of nitrogens with one attached hydrogen (secondary N) is 1. The average molecular weight is 363 g/mol. The van der Waals surface area contributed by atoms with Gasteiger partial charge in [-0.05, 0) is 42.3 Å². The van der Waals surface area contributed by atoms with Gasteiger partial charge in [0.25, 0.3) is 11.5 Å². The first kappa shape index (κ1) is 18.4. The molecule has 27 heavy (non-hydrogen) atoms. The Morgan fingerprint density at radius 2 is 1.89 bits per heavy atom. The molecule has 3 rings (SSSR count). The number of aryl methyl sites for hydroxylation is 1. The van der Waals surface area contributed by atoms with Gasteiger partial charge >= 0.3 is 0 Å². The Hall–Kier alpha value is -3.41. The van der Waals surface area contributed by atoms with E-state index in [-0.39, 0.29) is 30.3 Å². The van der Waals surface area contributed by atoms with Gasteiger partial charge in [0.1, 0.15) is 18.1 Å². The van der Waals surface area contributed by atoms with Crippen molar-refractivity contribution in [1.82, 2.24) is 9.78 Å². The highest BCUT2D eigenvalue weighted by molar-refractivity contribution is 6.02. The molecule has 0 bridgehead atoms. The van der Waals surface area contributed by atoms with Crippen LogP contribution in [0.3, 0.4) is 0 Å². The molecule has 1 amide bonds. The van der Waals surface area contributed by atoms with Gasteiger partial charge in [-0.2, -0.15) is 5.10 Å². The molecule has 6 heteroatoms. The molecule has 3 aromatic rings. The predicted molar refractivity (Wildman–Crippen MR) is 104 cm³/mol. The number of ether oxygens (including phenoxy) is 1. The van der Waals surface area contributed by atoms with E-state index in [9.17, 15) is 9.59 Å². The lowest BCUT2D eigenvalue weighted by molar-refractivity contribution is 0.101. The average Bonchev–Trinajstić information content (AvgIpc) is 2.70. The number of benzene rings is 2. The smallest absolute Gasteiger partial charge is 0.276 e. The van der Waals surface area contributed by atoms with Gasteiger partial charge in [0.2, 0.25) is 0 Å². The fraction of sp³-hybridized carbons (Fsp3) is 0.190. The minimum Gasteiger partial charge on any atom is -0.492 e. The Morgan fingerprint density at radius 1 is 1.07 bits per heavy atom. The molecular weight excluding hydrogens is 342 g/mol. The van der Waals surface area contributed by atoms with Crippen LogP contribution in [0.4, 0.5) is 5.69 Å². The van der Waals surface area contributed by atoms with E-state index in [1.165, 1.54) is 16.8 Å². The van der Waals surface area contributed by atoms with Crippen LogP contribution >= 0.6 is 0 Å². The number of amides is 1. The van der Waals surface area contributed by atoms with Gasteiger partial charge in [-0.1, -0.05) is 37.3 Å². The molecule has 0 spiro atoms. The summed E-state index contributed by atoms with van der Waals surface area (Å²) in [4.78, 5) is 24.4. The van der Waals surface area contributed by atoms with Gasteiger partial charge in [-0.25, -0.2) is 4.68 Å². The summed E-state index contributed by atoms with van der Waals surface area (Å²) in [5, 5.41) is 6.97. The van der Waals surface area contributed by atoms with Crippen molar-refractivity contribution >= 4 is 11.6 Å². The molecule has 0 unspecified atom stereocenters. The minimum atomic E-state index is -0.360. The Morgan fingerprint density at radius 3 is 2.67 bits per heavy atom. The minimum absolute atomic E-state index is 0.177. The number of nitrogens with zero attached hydrogens (tertiary/aromatic N) is 2. The van der Waals surface area contributed by atoms with Crippen LogP contribution in [0.25, 0.3) is 0 Å². The van der Waals surface area contributed by atoms with Crippen LogP contribution in [0.5, 0.6) is 5.75 Å². The third-order valence-electron chi connectivity index (χ3n) is 4.01. The first-order chi connectivity index (χ1) is 13.2. The molecule has 0 aliphatic heterocycles. The lowest BCUT2D eigenvalue weighted by Gasteiger charge is -2.09. The number of para-hydroxylation sites is 1. The lowest BCUT2D eigenvalue weighted by atomic mass is 10.1. The van der Waals surface area contributed by atoms with E-state index >= 15 is 0 Å². The van der Waals surface area contributed by atoms with Crippen molar-refractivity contribution in [2.45, 2.75) is 19.9 Å². The van der Waals surface area contributed by atoms with Crippen molar-refractivity contribution in [1.29, 1.82) is 0 Å². The molecule has 1 N–H and O–H groups in total. The highest BCUT2D eigenvalue weighted by atomic mass is 16.5. The molecule has 138 valence electrons. The number of carbonyl (C=O) groups is 1. The molecule has 1 aromatic heterocycles. The van der Waals surface area contributed by atoms with Gasteiger partial charge in [0.15, 0.2) is 0 Å². The second-order valence-corrected chi connectivity index (χ2v) is 5.95. The van der Waals surface area contributed by atoms with E-state index < -0.39 is 0 Å². The SMILES string of the molecule is CCc1cccc(NC(=O)c2ccc(=O)n(CCOc3ccccc3)n2)c1. The van der Waals surface area contributed by atoms with E-state index in [1.807, 2.05) is 54.6 Å². The second-order valence-electron chi connectivity index (χ2n) is 5.95. The van der Waals surface area contributed by atoms with Crippen LogP contribution in [0, 0.1) is 0 Å². The standard InChI is InChI=1S/C21H21N3O3/c1-2-16-7-6-8-17(15-16)22-21(26)19-11-12-20(25)24(23-19)13-14-27-18-9-4-3-5-10-18/h3-12,15H,2,13-14H2,1H3,(H,22,26). The number of rotatable bonds is 7. The van der Waals surface area contributed by atoms with Crippen LogP contribution < -0.4 is 15.6 Å². The Labute approximate surface area is 157 Å². The summed E-state index contributed by atoms with van der Waals surface area (Å²) in [7, 11) is 0. The quantitative estimate of drug-likeness (QED) is 0.700. The molecule has 0 fully saturated rings. The Kier molecular flexibility index (Phi) is 5.99. The molecule has 0 atom stereocenters. The van der Waals surface area contributed by atoms with E-state index in [4.69, 9.17) is 4.74 Å². The molecule has 0 aliphatic rings. The summed E-state index contributed by atoms with van der Waals surface area (Å²) in [5.41, 5.74) is 1.72. The first-order valence-electron chi connectivity index (χ1n) is 8.82. The number of anilines is 1. The van der Waals surface area contributed by atoms with Crippen molar-refractivity contribution in [3.63, 3.8) is 0 Å². The topological polar surface area (TPSA) is 73.2 Å². The Balaban J connectivity index is 1.66. The number of aromatic nitrogens is 2. The highest BCUT2D eigenvalue weighted by Crippen LogP contribution is 2.12. The highest BCUT2D eigenvalue weighted by Gasteiger charge is 2.10. The van der Waals surface area contributed by atoms with Gasteiger partial charge in [0.05, 0.1) is 6.54 Å². The maximum absolute atomic E-state index is 12.5. The van der Waals surface area contributed by atoms with Crippen molar-refractivity contribution in [3.05, 3.63) is 88.3 Å². The fourth-order valence-electron chi connectivity index (χ4n) is 2.56. The molecular formula is C21H21N3O3. The van der Waals surface area contributed by atoms with Crippen LogP contribution in [-0.4, -0.2) is 22.3 Å². The van der Waals surface area contributed by atoms with Crippen molar-refractivity contribution < 1.29 is 9.53 Å². The number of hydrogen-bond acceptors (Lipinski definition) is 4. The zero-order valence-corrected chi connectivity index (χ0v) is 15.1. The Bertz CT molecular complexity index is 968. The monoisotopic (exact) mass is 363 g/mol. The summed E-state index contributed by atoms with van der Waals surface area (Å²) in [5.74, 6) is 0.358. The van der Waals surface area contributed by atoms with Crippen LogP contribution in [0.1, 0.15) is 23.0 Å². The summed E-state index contributed by atoms with van der Waals surface area (Å²) in [6.07, 6.45) is 0.883. The first-order valence-corrected chi connectivity index (χ1v) is 8.82. The molecule has 2 aromatic carbocycles. The number of hydrogen-bond donors (Lipinski definition) is 1. The van der Waals surface area contributed by atoms with Gasteiger partial charge in [-0.15, -0.1) is 0 Å². The normalized spacial score (nSPS) is 10.4. The molecule has 6 nitrogen and oxygen atoms in total. The summed E-state index contributed by atoms with van der Waals surface area (Å²) >= 11 is 0. The van der Waals surface area contributed by atoms with Crippen molar-refractivity contribution in [3.8, 4) is 5.75 Å². The van der Waals surface area contributed by atoms with Gasteiger partial charge in [-0.3, -0.25) is 9.59 Å². The largest absolute Gasteiger partial charge is 0.492 e. The molecule has 1 heterocycles. The molecule has 0 saturated carbocycles. The molecule has 0 saturated heterocycles. The third-order valence-corrected chi connectivity index (χ3v) is 4.01. The second kappa shape index (κ2) is 8.80. The zero-order valence-electron chi connectivity index (χ0n) is 15.1. The summed E-state index contributed by atoms with van der Waals surface area (Å²) in [6, 6.07) is 19.7. The fourth-order valence-corrected chi connectivity index (χ4v) is 2.56. The lowest BCUT2D eigenvalue weighted by Crippen LogP contribution is -2.28. The summed E-state index contributed by atoms with van der Waals surface area (Å²) in [6.45, 7) is 2.58. The number of carbonyl (C=O) groups excluding carboxylic acids is 1. The van der Waals surface area contributed by atoms with Crippen LogP contribution in [-0.2, 0) is 13.0 Å². The van der Waals surface area contributed by atoms with Crippen LogP contribution in [0.15, 0.2) is 71.5 Å². The summed E-state index contributed by atoms with van der Waals surface area (Å²) < 4.78 is 6.82.